The number of halogens is 1. The van der Waals surface area contributed by atoms with Crippen LogP contribution in [-0.4, -0.2) is 29.4 Å². The summed E-state index contributed by atoms with van der Waals surface area (Å²) in [5, 5.41) is 5.87. The van der Waals surface area contributed by atoms with Gasteiger partial charge in [-0.15, -0.1) is 0 Å². The molecular weight excluding hydrogens is 290 g/mol. The van der Waals surface area contributed by atoms with Crippen molar-refractivity contribution < 1.29 is 9.59 Å². The topological polar surface area (TPSA) is 71.1 Å². The second-order valence-electron chi connectivity index (χ2n) is 5.57. The monoisotopic (exact) mass is 309 g/mol. The molecule has 1 aliphatic rings. The highest BCUT2D eigenvalue weighted by Crippen LogP contribution is 2.18. The highest BCUT2D eigenvalue weighted by Gasteiger charge is 2.23. The van der Waals surface area contributed by atoms with E-state index in [1.807, 2.05) is 13.8 Å². The molecule has 6 heteroatoms. The molecule has 114 valence electrons. The third kappa shape index (κ3) is 4.17. The number of hydrogen-bond acceptors (Lipinski definition) is 3. The van der Waals surface area contributed by atoms with Crippen LogP contribution in [0.4, 0.5) is 0 Å². The van der Waals surface area contributed by atoms with Crippen LogP contribution in [0.1, 0.15) is 55.1 Å². The Hall–Kier alpha value is -1.62. The number of rotatable bonds is 3. The lowest BCUT2D eigenvalue weighted by molar-refractivity contribution is -0.122. The van der Waals surface area contributed by atoms with Gasteiger partial charge in [0.1, 0.15) is 11.2 Å². The SMILES string of the molecule is CC(C)c1cc(C(=O)NC2CCCCNC2=O)cc(Cl)n1. The van der Waals surface area contributed by atoms with E-state index in [1.54, 1.807) is 6.07 Å². The first kappa shape index (κ1) is 15.8. The Kier molecular flexibility index (Phi) is 5.17. The molecule has 1 saturated heterocycles. The van der Waals surface area contributed by atoms with Crippen LogP contribution >= 0.6 is 11.6 Å². The minimum atomic E-state index is -0.477. The van der Waals surface area contributed by atoms with E-state index in [-0.39, 0.29) is 22.9 Å². The Morgan fingerprint density at radius 3 is 2.90 bits per heavy atom. The molecule has 2 amide bonds. The maximum absolute atomic E-state index is 12.3. The van der Waals surface area contributed by atoms with Crippen LogP contribution in [-0.2, 0) is 4.79 Å². The van der Waals surface area contributed by atoms with E-state index < -0.39 is 6.04 Å². The van der Waals surface area contributed by atoms with E-state index in [1.165, 1.54) is 6.07 Å². The minimum Gasteiger partial charge on any atom is -0.354 e. The quantitative estimate of drug-likeness (QED) is 0.841. The van der Waals surface area contributed by atoms with Crippen molar-refractivity contribution in [2.24, 2.45) is 0 Å². The van der Waals surface area contributed by atoms with Gasteiger partial charge in [0.15, 0.2) is 0 Å². The molecule has 2 N–H and O–H groups in total. The molecule has 1 unspecified atom stereocenters. The van der Waals surface area contributed by atoms with Gasteiger partial charge >= 0.3 is 0 Å². The Labute approximate surface area is 129 Å². The molecule has 0 spiro atoms. The molecule has 2 rings (SSSR count). The van der Waals surface area contributed by atoms with Crippen molar-refractivity contribution in [2.45, 2.75) is 45.1 Å². The number of hydrogen-bond donors (Lipinski definition) is 2. The molecule has 5 nitrogen and oxygen atoms in total. The smallest absolute Gasteiger partial charge is 0.252 e. The van der Waals surface area contributed by atoms with Gasteiger partial charge in [-0.25, -0.2) is 4.98 Å². The maximum atomic E-state index is 12.3. The molecule has 1 atom stereocenters. The Bertz CT molecular complexity index is 546. The molecule has 0 bridgehead atoms. The predicted molar refractivity (Wildman–Crippen MR) is 81.5 cm³/mol. The van der Waals surface area contributed by atoms with Crippen LogP contribution in [0.15, 0.2) is 12.1 Å². The van der Waals surface area contributed by atoms with Crippen LogP contribution in [0.5, 0.6) is 0 Å². The summed E-state index contributed by atoms with van der Waals surface area (Å²) >= 11 is 5.97. The Morgan fingerprint density at radius 2 is 2.19 bits per heavy atom. The first-order valence-corrected chi connectivity index (χ1v) is 7.61. The summed E-state index contributed by atoms with van der Waals surface area (Å²) in [6, 6.07) is 2.77. The third-order valence-corrected chi connectivity index (χ3v) is 3.70. The fourth-order valence-electron chi connectivity index (χ4n) is 2.26. The summed E-state index contributed by atoms with van der Waals surface area (Å²) in [6.07, 6.45) is 2.52. The summed E-state index contributed by atoms with van der Waals surface area (Å²) < 4.78 is 0. The zero-order valence-corrected chi connectivity index (χ0v) is 13.0. The van der Waals surface area contributed by atoms with Gasteiger partial charge in [-0.2, -0.15) is 0 Å². The average Bonchev–Trinajstić information content (AvgIpc) is 2.63. The largest absolute Gasteiger partial charge is 0.354 e. The Morgan fingerprint density at radius 1 is 1.43 bits per heavy atom. The zero-order chi connectivity index (χ0) is 15.4. The number of nitrogens with one attached hydrogen (secondary N) is 2. The predicted octanol–water partition coefficient (Wildman–Crippen LogP) is 2.26. The van der Waals surface area contributed by atoms with Gasteiger partial charge in [0.2, 0.25) is 5.91 Å². The first-order chi connectivity index (χ1) is 9.97. The van der Waals surface area contributed by atoms with Crippen LogP contribution in [0.3, 0.4) is 0 Å². The molecule has 1 fully saturated rings. The lowest BCUT2D eigenvalue weighted by Gasteiger charge is -2.16. The van der Waals surface area contributed by atoms with Gasteiger partial charge in [0.25, 0.3) is 5.91 Å². The summed E-state index contributed by atoms with van der Waals surface area (Å²) in [5.74, 6) is -0.232. The number of pyridine rings is 1. The molecule has 21 heavy (non-hydrogen) atoms. The highest BCUT2D eigenvalue weighted by molar-refractivity contribution is 6.29. The molecule has 1 aromatic heterocycles. The molecule has 0 aliphatic carbocycles. The van der Waals surface area contributed by atoms with Gasteiger partial charge in [0, 0.05) is 17.8 Å². The number of nitrogens with zero attached hydrogens (tertiary/aromatic N) is 1. The summed E-state index contributed by atoms with van der Waals surface area (Å²) in [4.78, 5) is 28.4. The van der Waals surface area contributed by atoms with Gasteiger partial charge in [0.05, 0.1) is 0 Å². The van der Waals surface area contributed by atoms with E-state index in [9.17, 15) is 9.59 Å². The molecule has 2 heterocycles. The normalized spacial score (nSPS) is 19.0. The minimum absolute atomic E-state index is 0.120. The highest BCUT2D eigenvalue weighted by atomic mass is 35.5. The van der Waals surface area contributed by atoms with Crippen molar-refractivity contribution in [1.29, 1.82) is 0 Å². The lowest BCUT2D eigenvalue weighted by atomic mass is 10.1. The molecular formula is C15H20ClN3O2. The van der Waals surface area contributed by atoms with Crippen LogP contribution < -0.4 is 10.6 Å². The lowest BCUT2D eigenvalue weighted by Crippen LogP contribution is -2.45. The number of aromatic nitrogens is 1. The molecule has 1 aromatic rings. The second-order valence-corrected chi connectivity index (χ2v) is 5.96. The van der Waals surface area contributed by atoms with E-state index >= 15 is 0 Å². The molecule has 0 radical (unpaired) electrons. The summed E-state index contributed by atoms with van der Waals surface area (Å²) in [6.45, 7) is 4.64. The van der Waals surface area contributed by atoms with Crippen molar-refractivity contribution >= 4 is 23.4 Å². The number of carbonyl (C=O) groups is 2. The Balaban J connectivity index is 2.14. The third-order valence-electron chi connectivity index (χ3n) is 3.51. The molecule has 0 saturated carbocycles. The summed E-state index contributed by atoms with van der Waals surface area (Å²) in [5.41, 5.74) is 1.20. The van der Waals surface area contributed by atoms with Crippen molar-refractivity contribution in [3.63, 3.8) is 0 Å². The van der Waals surface area contributed by atoms with Gasteiger partial charge < -0.3 is 10.6 Å². The second kappa shape index (κ2) is 6.89. The first-order valence-electron chi connectivity index (χ1n) is 7.23. The van der Waals surface area contributed by atoms with Crippen molar-refractivity contribution in [3.8, 4) is 0 Å². The van der Waals surface area contributed by atoms with Crippen LogP contribution in [0.25, 0.3) is 0 Å². The van der Waals surface area contributed by atoms with E-state index in [2.05, 4.69) is 15.6 Å². The zero-order valence-electron chi connectivity index (χ0n) is 12.3. The average molecular weight is 310 g/mol. The number of amides is 2. The van der Waals surface area contributed by atoms with E-state index in [0.29, 0.717) is 18.5 Å². The fraction of sp³-hybridized carbons (Fsp3) is 0.533. The molecule has 1 aliphatic heterocycles. The van der Waals surface area contributed by atoms with Crippen molar-refractivity contribution in [1.82, 2.24) is 15.6 Å². The van der Waals surface area contributed by atoms with E-state index in [0.717, 1.165) is 18.5 Å². The van der Waals surface area contributed by atoms with Gasteiger partial charge in [-0.1, -0.05) is 25.4 Å². The number of carbonyl (C=O) groups excluding carboxylic acids is 2. The fourth-order valence-corrected chi connectivity index (χ4v) is 2.48. The van der Waals surface area contributed by atoms with Crippen LogP contribution in [0.2, 0.25) is 5.15 Å². The van der Waals surface area contributed by atoms with E-state index in [4.69, 9.17) is 11.6 Å². The van der Waals surface area contributed by atoms with Crippen LogP contribution in [0, 0.1) is 0 Å². The maximum Gasteiger partial charge on any atom is 0.252 e. The standard InChI is InChI=1S/C15H20ClN3O2/c1-9(2)12-7-10(8-13(16)18-12)14(20)19-11-5-3-4-6-17-15(11)21/h7-9,11H,3-6H2,1-2H3,(H,17,21)(H,19,20). The summed E-state index contributed by atoms with van der Waals surface area (Å²) in [7, 11) is 0. The van der Waals surface area contributed by atoms with Gasteiger partial charge in [-0.3, -0.25) is 9.59 Å². The molecule has 0 aromatic carbocycles. The van der Waals surface area contributed by atoms with Crippen molar-refractivity contribution in [3.05, 3.63) is 28.5 Å². The van der Waals surface area contributed by atoms with Gasteiger partial charge in [-0.05, 0) is 37.3 Å². The van der Waals surface area contributed by atoms with Crippen molar-refractivity contribution in [2.75, 3.05) is 6.54 Å².